The Balaban J connectivity index is 2.20. The van der Waals surface area contributed by atoms with Crippen LogP contribution in [0.3, 0.4) is 0 Å². The summed E-state index contributed by atoms with van der Waals surface area (Å²) in [6.45, 7) is -3.83. The van der Waals surface area contributed by atoms with E-state index in [1.54, 1.807) is 0 Å². The summed E-state index contributed by atoms with van der Waals surface area (Å²) in [5.74, 6) is 0. The van der Waals surface area contributed by atoms with Gasteiger partial charge < -0.3 is 9.47 Å². The number of likely N-dealkylation sites (N-methyl/N-ethyl adjacent to an activating group) is 1. The highest BCUT2D eigenvalue weighted by atomic mass is 15.1. The second kappa shape index (κ2) is 6.06. The Morgan fingerprint density at radius 2 is 2.17 bits per heavy atom. The fourth-order valence-electron chi connectivity index (χ4n) is 2.56. The SMILES string of the molecule is [2H]c1nc(C)c([2H])c([2H])c1C([2H])([2H])Cn1c2c(c3c([2H])c(C)c([2H])c([2H])c31)C([2H])([2H])N(C)C([2H])([2H])C2([2H])[2H]. The first kappa shape index (κ1) is 6.30. The zero-order valence-electron chi connectivity index (χ0n) is 27.5. The van der Waals surface area contributed by atoms with Crippen molar-refractivity contribution < 1.29 is 19.2 Å². The molecule has 0 saturated heterocycles. The van der Waals surface area contributed by atoms with Crippen LogP contribution in [0.2, 0.25) is 0 Å². The molecule has 0 unspecified atom stereocenters. The van der Waals surface area contributed by atoms with E-state index in [4.69, 9.17) is 19.2 Å². The molecular weight excluding hydrogens is 294 g/mol. The highest BCUT2D eigenvalue weighted by Gasteiger charge is 2.22. The standard InChI is InChI=1S/C21H25N3/c1-15-4-7-20-18(12-15)19-14-23(3)10-9-21(19)24(20)11-8-17-6-5-16(2)22-13-17/h4-7,12-13H,8-11,14H2,1-3H3/i4D,5D,6D,7D,8D2,9D2,10D2,12D,13D,14D2. The quantitative estimate of drug-likeness (QED) is 0.725. The molecule has 3 heteroatoms. The molecular formula is C21H25N3. The molecule has 1 aliphatic rings. The van der Waals surface area contributed by atoms with Crippen molar-refractivity contribution in [2.45, 2.75) is 39.6 Å². The summed E-state index contributed by atoms with van der Waals surface area (Å²) >= 11 is 0. The van der Waals surface area contributed by atoms with E-state index in [9.17, 15) is 0 Å². The van der Waals surface area contributed by atoms with Gasteiger partial charge in [-0.2, -0.15) is 0 Å². The number of hydrogen-bond acceptors (Lipinski definition) is 2. The second-order valence-corrected chi connectivity index (χ2v) is 5.55. The van der Waals surface area contributed by atoms with E-state index in [1.165, 1.54) is 13.8 Å². The van der Waals surface area contributed by atoms with Gasteiger partial charge in [0, 0.05) is 65.3 Å². The molecule has 0 saturated carbocycles. The van der Waals surface area contributed by atoms with Gasteiger partial charge in [0.15, 0.2) is 0 Å². The summed E-state index contributed by atoms with van der Waals surface area (Å²) in [4.78, 5) is 4.38. The Morgan fingerprint density at radius 3 is 3.04 bits per heavy atom. The van der Waals surface area contributed by atoms with Gasteiger partial charge in [0.25, 0.3) is 0 Å². The van der Waals surface area contributed by atoms with Gasteiger partial charge in [0.05, 0.1) is 8.22 Å². The number of aryl methyl sites for hydroxylation is 2. The minimum atomic E-state index is -2.99. The van der Waals surface area contributed by atoms with E-state index in [2.05, 4.69) is 4.98 Å². The lowest BCUT2D eigenvalue weighted by Gasteiger charge is -2.24. The molecule has 3 nitrogen and oxygen atoms in total. The number of pyridine rings is 1. The van der Waals surface area contributed by atoms with Crippen LogP contribution in [0, 0.1) is 13.8 Å². The van der Waals surface area contributed by atoms with E-state index < -0.39 is 79.4 Å². The second-order valence-electron chi connectivity index (χ2n) is 5.55. The number of nitrogens with zero attached hydrogens (tertiary/aromatic N) is 3. The van der Waals surface area contributed by atoms with E-state index in [1.807, 2.05) is 0 Å². The molecule has 0 atom stereocenters. The smallest absolute Gasteiger partial charge is 0.0843 e. The van der Waals surface area contributed by atoms with Crippen LogP contribution < -0.4 is 0 Å². The van der Waals surface area contributed by atoms with Gasteiger partial charge in [-0.1, -0.05) is 17.6 Å². The average Bonchev–Trinajstić information content (AvgIpc) is 3.14. The van der Waals surface area contributed by atoms with Crippen LogP contribution in [0.4, 0.5) is 0 Å². The summed E-state index contributed by atoms with van der Waals surface area (Å²) in [7, 11) is 1.05. The lowest BCUT2D eigenvalue weighted by molar-refractivity contribution is 0.309. The largest absolute Gasteiger partial charge is 0.344 e. The van der Waals surface area contributed by atoms with E-state index in [0.29, 0.717) is 4.90 Å². The molecule has 1 aliphatic heterocycles. The van der Waals surface area contributed by atoms with Crippen molar-refractivity contribution in [1.29, 1.82) is 0 Å². The zero-order valence-corrected chi connectivity index (χ0v) is 13.5. The minimum Gasteiger partial charge on any atom is -0.344 e. The van der Waals surface area contributed by atoms with Gasteiger partial charge >= 0.3 is 0 Å². The summed E-state index contributed by atoms with van der Waals surface area (Å²) in [6.07, 6.45) is -6.33. The molecule has 4 rings (SSSR count). The highest BCUT2D eigenvalue weighted by molar-refractivity contribution is 5.86. The van der Waals surface area contributed by atoms with Crippen molar-refractivity contribution in [3.63, 3.8) is 0 Å². The van der Waals surface area contributed by atoms with Crippen molar-refractivity contribution >= 4 is 10.9 Å². The average molecular weight is 334 g/mol. The van der Waals surface area contributed by atoms with Gasteiger partial charge in [-0.3, -0.25) is 4.98 Å². The maximum Gasteiger partial charge on any atom is 0.0843 e. The fraction of sp³-hybridized carbons (Fsp3) is 0.381. The molecule has 0 aliphatic carbocycles. The Labute approximate surface area is 163 Å². The molecule has 0 N–H and O–H groups in total. The number of hydrogen-bond donors (Lipinski definition) is 0. The topological polar surface area (TPSA) is 21.1 Å². The predicted molar refractivity (Wildman–Crippen MR) is 99.4 cm³/mol. The first-order valence-corrected chi connectivity index (χ1v) is 7.46. The third-order valence-corrected chi connectivity index (χ3v) is 3.68. The number of benzene rings is 1. The highest BCUT2D eigenvalue weighted by Crippen LogP contribution is 2.31. The Bertz CT molecular complexity index is 1510. The zero-order chi connectivity index (χ0) is 29.1. The lowest BCUT2D eigenvalue weighted by Crippen LogP contribution is -2.27. The Morgan fingerprint density at radius 1 is 1.29 bits per heavy atom. The van der Waals surface area contributed by atoms with Crippen molar-refractivity contribution in [3.05, 3.63) is 64.5 Å². The number of aromatic nitrogens is 2. The Kier molecular flexibility index (Phi) is 1.59. The molecule has 0 radical (unpaired) electrons. The third-order valence-electron chi connectivity index (χ3n) is 3.68. The van der Waals surface area contributed by atoms with Crippen molar-refractivity contribution in [2.24, 2.45) is 0 Å². The van der Waals surface area contributed by atoms with E-state index >= 15 is 0 Å². The van der Waals surface area contributed by atoms with Gasteiger partial charge in [-0.05, 0) is 56.5 Å². The number of fused-ring (bicyclic) bond motifs is 3. The van der Waals surface area contributed by atoms with Crippen LogP contribution in [0.5, 0.6) is 0 Å². The maximum atomic E-state index is 8.78. The molecule has 2 aromatic heterocycles. The van der Waals surface area contributed by atoms with E-state index in [-0.39, 0.29) is 28.2 Å². The molecule has 3 heterocycles. The number of rotatable bonds is 3. The van der Waals surface area contributed by atoms with Gasteiger partial charge in [0.2, 0.25) is 0 Å². The van der Waals surface area contributed by atoms with Crippen LogP contribution in [-0.2, 0) is 25.8 Å². The third kappa shape index (κ3) is 2.73. The van der Waals surface area contributed by atoms with Crippen LogP contribution in [0.1, 0.15) is 47.3 Å². The molecule has 0 amide bonds. The summed E-state index contributed by atoms with van der Waals surface area (Å²) in [5.41, 5.74) is -1.96. The summed E-state index contributed by atoms with van der Waals surface area (Å²) in [6, 6.07) is -2.35. The monoisotopic (exact) mass is 333 g/mol. The van der Waals surface area contributed by atoms with Gasteiger partial charge in [-0.25, -0.2) is 0 Å². The molecule has 24 heavy (non-hydrogen) atoms. The van der Waals surface area contributed by atoms with Gasteiger partial charge in [-0.15, -0.1) is 0 Å². The molecule has 3 aromatic rings. The normalized spacial score (nSPS) is 30.3. The molecule has 0 spiro atoms. The van der Waals surface area contributed by atoms with Crippen molar-refractivity contribution in [3.8, 4) is 0 Å². The first-order valence-electron chi connectivity index (χ1n) is 14.5. The molecule has 0 fully saturated rings. The maximum absolute atomic E-state index is 8.78. The van der Waals surface area contributed by atoms with Crippen LogP contribution in [0.25, 0.3) is 10.9 Å². The van der Waals surface area contributed by atoms with Crippen LogP contribution >= 0.6 is 0 Å². The summed E-state index contributed by atoms with van der Waals surface area (Å²) in [5, 5.41) is -0.245. The van der Waals surface area contributed by atoms with Crippen LogP contribution in [-0.4, -0.2) is 28.0 Å². The van der Waals surface area contributed by atoms with Gasteiger partial charge in [0.1, 0.15) is 0 Å². The molecule has 124 valence electrons. The molecule has 1 aromatic carbocycles. The van der Waals surface area contributed by atoms with Crippen molar-refractivity contribution in [2.75, 3.05) is 13.5 Å². The summed E-state index contributed by atoms with van der Waals surface area (Å²) < 4.78 is 120. The predicted octanol–water partition coefficient (Wildman–Crippen LogP) is 3.88. The van der Waals surface area contributed by atoms with Crippen molar-refractivity contribution in [1.82, 2.24) is 14.5 Å². The fourth-order valence-corrected chi connectivity index (χ4v) is 2.56. The van der Waals surface area contributed by atoms with Crippen LogP contribution in [0.15, 0.2) is 36.4 Å². The lowest BCUT2D eigenvalue weighted by atomic mass is 10.0. The Hall–Kier alpha value is -2.13. The minimum absolute atomic E-state index is 0.0153. The first-order chi connectivity index (χ1) is 17.1. The molecule has 0 bridgehead atoms. The van der Waals surface area contributed by atoms with E-state index in [0.717, 1.165) is 11.6 Å².